The quantitative estimate of drug-likeness (QED) is 0.496. The first kappa shape index (κ1) is 22.5. The number of aliphatic imine (C=N–C) groups is 1. The van der Waals surface area contributed by atoms with Gasteiger partial charge in [-0.2, -0.15) is 0 Å². The van der Waals surface area contributed by atoms with Gasteiger partial charge in [-0.05, 0) is 19.4 Å². The van der Waals surface area contributed by atoms with E-state index in [2.05, 4.69) is 45.6 Å². The molecule has 1 fully saturated rings. The van der Waals surface area contributed by atoms with Crippen molar-refractivity contribution in [1.82, 2.24) is 15.6 Å². The molecule has 1 unspecified atom stereocenters. The van der Waals surface area contributed by atoms with Crippen LogP contribution in [0.25, 0.3) is 0 Å². The van der Waals surface area contributed by atoms with Crippen molar-refractivity contribution in [2.45, 2.75) is 25.9 Å². The van der Waals surface area contributed by atoms with E-state index in [0.717, 1.165) is 60.6 Å². The Morgan fingerprint density at radius 1 is 1.23 bits per heavy atom. The van der Waals surface area contributed by atoms with E-state index in [1.54, 1.807) is 14.2 Å². The number of hydrogen-bond donors (Lipinski definition) is 2. The lowest BCUT2D eigenvalue weighted by Crippen LogP contribution is -2.44. The van der Waals surface area contributed by atoms with Gasteiger partial charge in [-0.25, -0.2) is 9.98 Å². The fourth-order valence-electron chi connectivity index (χ4n) is 3.72. The molecule has 0 radical (unpaired) electrons. The molecule has 0 aliphatic carbocycles. The van der Waals surface area contributed by atoms with Crippen LogP contribution in [0.4, 0.5) is 11.5 Å². The molecule has 31 heavy (non-hydrogen) atoms. The van der Waals surface area contributed by atoms with Crippen LogP contribution >= 0.6 is 0 Å². The van der Waals surface area contributed by atoms with Gasteiger partial charge in [-0.1, -0.05) is 6.07 Å². The molecule has 0 amide bonds. The first-order valence-electron chi connectivity index (χ1n) is 10.7. The number of rotatable bonds is 8. The molecule has 0 bridgehead atoms. The van der Waals surface area contributed by atoms with Gasteiger partial charge in [0.05, 0.1) is 20.8 Å². The summed E-state index contributed by atoms with van der Waals surface area (Å²) in [4.78, 5) is 13.6. The number of nitrogens with one attached hydrogen (secondary N) is 2. The second-order valence-electron chi connectivity index (χ2n) is 7.72. The van der Waals surface area contributed by atoms with E-state index in [1.165, 1.54) is 0 Å². The number of methoxy groups -OCH3 is 2. The number of nitrogens with zero attached hydrogens (tertiary/aromatic N) is 4. The molecule has 2 heterocycles. The highest BCUT2D eigenvalue weighted by Gasteiger charge is 2.24. The second-order valence-corrected chi connectivity index (χ2v) is 7.72. The molecule has 1 aromatic heterocycles. The molecule has 0 saturated carbocycles. The van der Waals surface area contributed by atoms with E-state index in [1.807, 2.05) is 37.3 Å². The molecular weight excluding hydrogens is 392 g/mol. The monoisotopic (exact) mass is 426 g/mol. The summed E-state index contributed by atoms with van der Waals surface area (Å²) in [5, 5.41) is 6.96. The highest BCUT2D eigenvalue weighted by Crippen LogP contribution is 2.30. The fraction of sp³-hybridized carbons (Fsp3) is 0.478. The molecule has 168 valence electrons. The molecule has 2 aromatic rings. The summed E-state index contributed by atoms with van der Waals surface area (Å²) in [5.41, 5.74) is 2.20. The van der Waals surface area contributed by atoms with Crippen LogP contribution in [0.5, 0.6) is 11.5 Å². The third kappa shape index (κ3) is 5.93. The SMILES string of the molecule is CCNC(=NCc1cccnc1N(C)C)NC1CCN(c2cc(OC)cc(OC)c2)C1. The normalized spacial score (nSPS) is 16.2. The summed E-state index contributed by atoms with van der Waals surface area (Å²) in [6.07, 6.45) is 2.84. The average Bonchev–Trinajstić information content (AvgIpc) is 3.26. The van der Waals surface area contributed by atoms with Gasteiger partial charge in [-0.3, -0.25) is 0 Å². The average molecular weight is 427 g/mol. The number of benzene rings is 1. The van der Waals surface area contributed by atoms with Gasteiger partial charge in [0.15, 0.2) is 5.96 Å². The predicted octanol–water partition coefficient (Wildman–Crippen LogP) is 2.50. The molecule has 3 rings (SSSR count). The van der Waals surface area contributed by atoms with Gasteiger partial charge in [-0.15, -0.1) is 0 Å². The molecule has 8 heteroatoms. The standard InChI is InChI=1S/C23H34N6O2/c1-6-24-23(26-15-17-8-7-10-25-22(17)28(2)3)27-18-9-11-29(16-18)19-12-20(30-4)14-21(13-19)31-5/h7-8,10,12-14,18H,6,9,11,15-16H2,1-5H3,(H2,24,26,27). The minimum Gasteiger partial charge on any atom is -0.497 e. The summed E-state index contributed by atoms with van der Waals surface area (Å²) in [6.45, 7) is 5.30. The van der Waals surface area contributed by atoms with E-state index in [0.29, 0.717) is 12.6 Å². The largest absolute Gasteiger partial charge is 0.497 e. The van der Waals surface area contributed by atoms with Crippen molar-refractivity contribution in [3.63, 3.8) is 0 Å². The second kappa shape index (κ2) is 10.7. The van der Waals surface area contributed by atoms with Gasteiger partial charge in [0.25, 0.3) is 0 Å². The molecule has 1 atom stereocenters. The van der Waals surface area contributed by atoms with Crippen molar-refractivity contribution >= 4 is 17.5 Å². The lowest BCUT2D eigenvalue weighted by Gasteiger charge is -2.21. The molecule has 1 aromatic carbocycles. The molecule has 0 spiro atoms. The van der Waals surface area contributed by atoms with E-state index in [4.69, 9.17) is 14.5 Å². The Bertz CT molecular complexity index is 864. The maximum Gasteiger partial charge on any atom is 0.191 e. The summed E-state index contributed by atoms with van der Waals surface area (Å²) in [5.74, 6) is 3.37. The molecule has 1 aliphatic rings. The topological polar surface area (TPSA) is 74.3 Å². The third-order valence-electron chi connectivity index (χ3n) is 5.27. The molecule has 1 saturated heterocycles. The highest BCUT2D eigenvalue weighted by molar-refractivity contribution is 5.80. The smallest absolute Gasteiger partial charge is 0.191 e. The Balaban J connectivity index is 1.67. The van der Waals surface area contributed by atoms with Crippen molar-refractivity contribution in [3.8, 4) is 11.5 Å². The van der Waals surface area contributed by atoms with Crippen LogP contribution in [-0.2, 0) is 6.54 Å². The number of hydrogen-bond acceptors (Lipinski definition) is 6. The number of aromatic nitrogens is 1. The van der Waals surface area contributed by atoms with Gasteiger partial charge in [0, 0.05) is 75.4 Å². The van der Waals surface area contributed by atoms with Crippen LogP contribution in [0.2, 0.25) is 0 Å². The van der Waals surface area contributed by atoms with E-state index in [9.17, 15) is 0 Å². The van der Waals surface area contributed by atoms with Crippen molar-refractivity contribution < 1.29 is 9.47 Å². The van der Waals surface area contributed by atoms with E-state index in [-0.39, 0.29) is 0 Å². The summed E-state index contributed by atoms with van der Waals surface area (Å²) < 4.78 is 10.8. The Labute approximate surface area is 185 Å². The first-order chi connectivity index (χ1) is 15.0. The molecular formula is C23H34N6O2. The minimum absolute atomic E-state index is 0.303. The Morgan fingerprint density at radius 2 is 1.97 bits per heavy atom. The fourth-order valence-corrected chi connectivity index (χ4v) is 3.72. The lowest BCUT2D eigenvalue weighted by molar-refractivity contribution is 0.394. The van der Waals surface area contributed by atoms with Crippen LogP contribution < -0.4 is 29.9 Å². The maximum atomic E-state index is 5.42. The molecule has 2 N–H and O–H groups in total. The van der Waals surface area contributed by atoms with Crippen LogP contribution in [0, 0.1) is 0 Å². The number of ether oxygens (including phenoxy) is 2. The number of anilines is 2. The highest BCUT2D eigenvalue weighted by atomic mass is 16.5. The maximum absolute atomic E-state index is 5.42. The van der Waals surface area contributed by atoms with Crippen LogP contribution in [0.3, 0.4) is 0 Å². The first-order valence-corrected chi connectivity index (χ1v) is 10.7. The Hall–Kier alpha value is -3.16. The Morgan fingerprint density at radius 3 is 2.61 bits per heavy atom. The third-order valence-corrected chi connectivity index (χ3v) is 5.27. The van der Waals surface area contributed by atoms with Gasteiger partial charge >= 0.3 is 0 Å². The van der Waals surface area contributed by atoms with Gasteiger partial charge < -0.3 is 29.9 Å². The summed E-state index contributed by atoms with van der Waals surface area (Å²) >= 11 is 0. The number of pyridine rings is 1. The zero-order valence-corrected chi connectivity index (χ0v) is 19.2. The van der Waals surface area contributed by atoms with Crippen LogP contribution in [0.15, 0.2) is 41.5 Å². The van der Waals surface area contributed by atoms with Gasteiger partial charge in [0.2, 0.25) is 0 Å². The van der Waals surface area contributed by atoms with Crippen LogP contribution in [-0.4, -0.2) is 64.9 Å². The molecule has 8 nitrogen and oxygen atoms in total. The van der Waals surface area contributed by atoms with Gasteiger partial charge in [0.1, 0.15) is 17.3 Å². The Kier molecular flexibility index (Phi) is 7.81. The lowest BCUT2D eigenvalue weighted by atomic mass is 10.2. The van der Waals surface area contributed by atoms with Crippen molar-refractivity contribution in [3.05, 3.63) is 42.1 Å². The zero-order chi connectivity index (χ0) is 22.2. The van der Waals surface area contributed by atoms with Crippen LogP contribution in [0.1, 0.15) is 18.9 Å². The number of guanidine groups is 1. The molecule has 1 aliphatic heterocycles. The minimum atomic E-state index is 0.303. The summed E-state index contributed by atoms with van der Waals surface area (Å²) in [6, 6.07) is 10.3. The van der Waals surface area contributed by atoms with Crippen molar-refractivity contribution in [1.29, 1.82) is 0 Å². The summed E-state index contributed by atoms with van der Waals surface area (Å²) in [7, 11) is 7.35. The van der Waals surface area contributed by atoms with Crippen molar-refractivity contribution in [2.75, 3.05) is 57.7 Å². The van der Waals surface area contributed by atoms with E-state index >= 15 is 0 Å². The zero-order valence-electron chi connectivity index (χ0n) is 19.2. The van der Waals surface area contributed by atoms with Crippen molar-refractivity contribution in [2.24, 2.45) is 4.99 Å². The van der Waals surface area contributed by atoms with E-state index < -0.39 is 0 Å². The predicted molar refractivity (Wildman–Crippen MR) is 127 cm³/mol.